The summed E-state index contributed by atoms with van der Waals surface area (Å²) < 4.78 is 33.5. The molecule has 2 heterocycles. The number of ketones is 1. The number of ether oxygens (including phenoxy) is 1. The number of aromatic nitrogens is 1. The number of rotatable bonds is 11. The third-order valence-electron chi connectivity index (χ3n) is 10.6. The Morgan fingerprint density at radius 1 is 0.977 bits per heavy atom. The largest absolute Gasteiger partial charge is 0.461 e. The molecular weight excluding hydrogens is 550 g/mol. The predicted octanol–water partition coefficient (Wildman–Crippen LogP) is 7.11. The fourth-order valence-electron chi connectivity index (χ4n) is 8.26. The molecular formula is C35H48F2N2O4. The number of hydrogen-bond acceptors (Lipinski definition) is 4. The maximum Gasteiger partial charge on any atom is 0.354 e. The molecule has 0 bridgehead atoms. The minimum absolute atomic E-state index is 0.0347. The summed E-state index contributed by atoms with van der Waals surface area (Å²) in [6.45, 7) is 3.68. The van der Waals surface area contributed by atoms with Crippen molar-refractivity contribution in [3.8, 4) is 0 Å². The standard InChI is InChI=1S/C35H48F2N2O4/c1-3-43-35(42)31-21-28-19-24(9-14-30(28)38(31)18-16-36)20-32(40)33-29(26-7-5-4-6-8-26)15-17-39(33)34(41)27-12-10-25(11-13-27)23(2)22-37/h9,14,19,21,23,25-27,29,33H,3-8,10-13,15-18,20,22H2,1-2H3/t23-,25?,27?,29+,33+/m1/s1. The molecule has 0 unspecified atom stereocenters. The topological polar surface area (TPSA) is 68.6 Å². The van der Waals surface area contributed by atoms with Crippen LogP contribution in [0.15, 0.2) is 24.3 Å². The lowest BCUT2D eigenvalue weighted by atomic mass is 9.74. The van der Waals surface area contributed by atoms with Crippen molar-refractivity contribution in [1.82, 2.24) is 9.47 Å². The maximum absolute atomic E-state index is 14.2. The molecule has 3 fully saturated rings. The summed E-state index contributed by atoms with van der Waals surface area (Å²) >= 11 is 0. The third-order valence-corrected chi connectivity index (χ3v) is 10.6. The fraction of sp³-hybridized carbons (Fsp3) is 0.686. The van der Waals surface area contributed by atoms with Gasteiger partial charge in [-0.15, -0.1) is 0 Å². The molecule has 0 spiro atoms. The number of likely N-dealkylation sites (tertiary alicyclic amines) is 1. The molecule has 1 amide bonds. The van der Waals surface area contributed by atoms with Crippen LogP contribution in [-0.4, -0.2) is 59.7 Å². The van der Waals surface area contributed by atoms with Gasteiger partial charge in [0.15, 0.2) is 5.78 Å². The van der Waals surface area contributed by atoms with Crippen molar-refractivity contribution in [3.05, 3.63) is 35.5 Å². The van der Waals surface area contributed by atoms with Gasteiger partial charge in [-0.05, 0) is 86.5 Å². The van der Waals surface area contributed by atoms with Gasteiger partial charge in [-0.25, -0.2) is 9.18 Å². The van der Waals surface area contributed by atoms with Crippen LogP contribution < -0.4 is 0 Å². The van der Waals surface area contributed by atoms with Gasteiger partial charge in [0.25, 0.3) is 0 Å². The summed E-state index contributed by atoms with van der Waals surface area (Å²) in [6, 6.07) is 6.94. The Morgan fingerprint density at radius 2 is 1.72 bits per heavy atom. The van der Waals surface area contributed by atoms with Crippen LogP contribution in [-0.2, 0) is 27.3 Å². The summed E-state index contributed by atoms with van der Waals surface area (Å²) in [5.74, 6) is 0.627. The Kier molecular flexibility index (Phi) is 10.6. The van der Waals surface area contributed by atoms with Crippen molar-refractivity contribution >= 4 is 28.6 Å². The molecule has 0 N–H and O–H groups in total. The molecule has 3 aliphatic rings. The van der Waals surface area contributed by atoms with Crippen molar-refractivity contribution in [2.75, 3.05) is 26.5 Å². The lowest BCUT2D eigenvalue weighted by molar-refractivity contribution is -0.143. The van der Waals surface area contributed by atoms with Crippen molar-refractivity contribution in [1.29, 1.82) is 0 Å². The highest BCUT2D eigenvalue weighted by Gasteiger charge is 2.46. The molecule has 3 atom stereocenters. The van der Waals surface area contributed by atoms with E-state index in [0.29, 0.717) is 24.1 Å². The first kappa shape index (κ1) is 31.6. The summed E-state index contributed by atoms with van der Waals surface area (Å²) in [5, 5.41) is 0.768. The number of aryl methyl sites for hydroxylation is 1. The van der Waals surface area contributed by atoms with Gasteiger partial charge in [-0.3, -0.25) is 14.0 Å². The number of alkyl halides is 2. The normalized spacial score (nSPS) is 25.6. The quantitative estimate of drug-likeness (QED) is 0.259. The summed E-state index contributed by atoms with van der Waals surface area (Å²) in [5.41, 5.74) is 1.86. The number of carbonyl (C=O) groups is 3. The predicted molar refractivity (Wildman–Crippen MR) is 163 cm³/mol. The van der Waals surface area contributed by atoms with Crippen LogP contribution in [0.25, 0.3) is 10.9 Å². The number of Topliss-reactive ketones (excluding diaryl/α,β-unsaturated/α-hetero) is 1. The first-order valence-corrected chi connectivity index (χ1v) is 16.6. The van der Waals surface area contributed by atoms with Gasteiger partial charge in [0.2, 0.25) is 5.91 Å². The second-order valence-electron chi connectivity index (χ2n) is 13.2. The Bertz CT molecular complexity index is 1280. The number of halogens is 2. The summed E-state index contributed by atoms with van der Waals surface area (Å²) in [6.07, 6.45) is 10.2. The van der Waals surface area contributed by atoms with Gasteiger partial charge in [0.05, 0.1) is 25.9 Å². The molecule has 43 heavy (non-hydrogen) atoms. The van der Waals surface area contributed by atoms with Crippen LogP contribution in [0.2, 0.25) is 0 Å². The molecule has 2 aliphatic carbocycles. The van der Waals surface area contributed by atoms with Gasteiger partial charge < -0.3 is 14.2 Å². The van der Waals surface area contributed by atoms with E-state index in [4.69, 9.17) is 4.74 Å². The van der Waals surface area contributed by atoms with Crippen molar-refractivity contribution < 1.29 is 27.9 Å². The van der Waals surface area contributed by atoms with E-state index in [2.05, 4.69) is 0 Å². The molecule has 8 heteroatoms. The number of fused-ring (bicyclic) bond motifs is 1. The minimum Gasteiger partial charge on any atom is -0.461 e. The van der Waals surface area contributed by atoms with E-state index in [0.717, 1.165) is 61.4 Å². The maximum atomic E-state index is 14.2. The zero-order chi connectivity index (χ0) is 30.5. The molecule has 236 valence electrons. The average molecular weight is 599 g/mol. The van der Waals surface area contributed by atoms with E-state index in [-0.39, 0.29) is 55.7 Å². The number of nitrogens with zero attached hydrogens (tertiary/aromatic N) is 2. The number of hydrogen-bond donors (Lipinski definition) is 0. The molecule has 1 saturated heterocycles. The average Bonchev–Trinajstić information content (AvgIpc) is 3.63. The molecule has 6 nitrogen and oxygen atoms in total. The highest BCUT2D eigenvalue weighted by molar-refractivity contribution is 5.97. The van der Waals surface area contributed by atoms with Crippen LogP contribution in [0.4, 0.5) is 8.78 Å². The molecule has 5 rings (SSSR count). The van der Waals surface area contributed by atoms with Gasteiger partial charge in [-0.2, -0.15) is 0 Å². The highest BCUT2D eigenvalue weighted by atomic mass is 19.1. The lowest BCUT2D eigenvalue weighted by Gasteiger charge is -2.37. The lowest BCUT2D eigenvalue weighted by Crippen LogP contribution is -2.48. The summed E-state index contributed by atoms with van der Waals surface area (Å²) in [7, 11) is 0. The van der Waals surface area contributed by atoms with Gasteiger partial charge >= 0.3 is 5.97 Å². The first-order chi connectivity index (χ1) is 20.9. The Labute approximate surface area is 254 Å². The number of esters is 1. The van der Waals surface area contributed by atoms with E-state index >= 15 is 0 Å². The minimum atomic E-state index is -0.610. The van der Waals surface area contributed by atoms with Crippen LogP contribution in [0, 0.1) is 29.6 Å². The van der Waals surface area contributed by atoms with Crippen LogP contribution in [0.1, 0.15) is 94.1 Å². The molecule has 1 aromatic heterocycles. The number of carbonyl (C=O) groups excluding carboxylic acids is 3. The van der Waals surface area contributed by atoms with Crippen LogP contribution in [0.5, 0.6) is 0 Å². The van der Waals surface area contributed by atoms with Crippen molar-refractivity contribution in [2.45, 2.75) is 97.1 Å². The molecule has 0 radical (unpaired) electrons. The van der Waals surface area contributed by atoms with Gasteiger partial charge in [0, 0.05) is 29.8 Å². The zero-order valence-corrected chi connectivity index (χ0v) is 25.9. The van der Waals surface area contributed by atoms with Crippen LogP contribution in [0.3, 0.4) is 0 Å². The summed E-state index contributed by atoms with van der Waals surface area (Å²) in [4.78, 5) is 42.6. The number of benzene rings is 1. The molecule has 2 saturated carbocycles. The molecule has 1 aliphatic heterocycles. The number of amides is 1. The third kappa shape index (κ3) is 6.83. The van der Waals surface area contributed by atoms with Crippen molar-refractivity contribution in [2.24, 2.45) is 29.6 Å². The van der Waals surface area contributed by atoms with E-state index in [1.807, 2.05) is 30.0 Å². The first-order valence-electron chi connectivity index (χ1n) is 16.6. The fourth-order valence-corrected chi connectivity index (χ4v) is 8.26. The second-order valence-corrected chi connectivity index (χ2v) is 13.2. The Balaban J connectivity index is 1.37. The van der Waals surface area contributed by atoms with Crippen LogP contribution >= 0.6 is 0 Å². The highest BCUT2D eigenvalue weighted by Crippen LogP contribution is 2.42. The Hall–Kier alpha value is -2.77. The van der Waals surface area contributed by atoms with E-state index < -0.39 is 18.7 Å². The molecule has 2 aromatic rings. The smallest absolute Gasteiger partial charge is 0.354 e. The zero-order valence-electron chi connectivity index (χ0n) is 25.9. The van der Waals surface area contributed by atoms with Crippen molar-refractivity contribution in [3.63, 3.8) is 0 Å². The Morgan fingerprint density at radius 3 is 2.40 bits per heavy atom. The monoisotopic (exact) mass is 598 g/mol. The second kappa shape index (κ2) is 14.3. The molecule has 1 aromatic carbocycles. The SMILES string of the molecule is CCOC(=O)c1cc2cc(CC(=O)[C@@H]3[C@H](C4CCCCC4)CCN3C(=O)C3CCC([C@H](C)CF)CC3)ccc2n1CCF. The van der Waals surface area contributed by atoms with Gasteiger partial charge in [0.1, 0.15) is 12.4 Å². The van der Waals surface area contributed by atoms with E-state index in [1.54, 1.807) is 17.6 Å². The van der Waals surface area contributed by atoms with Gasteiger partial charge in [-0.1, -0.05) is 45.1 Å². The van der Waals surface area contributed by atoms with E-state index in [9.17, 15) is 23.2 Å². The van der Waals surface area contributed by atoms with E-state index in [1.165, 1.54) is 19.3 Å².